The summed E-state index contributed by atoms with van der Waals surface area (Å²) < 4.78 is 0. The number of hydrogen-bond donors (Lipinski definition) is 2. The van der Waals surface area contributed by atoms with E-state index in [0.29, 0.717) is 48.0 Å². The van der Waals surface area contributed by atoms with Gasteiger partial charge in [0.1, 0.15) is 5.82 Å². The molecule has 2 N–H and O–H groups in total. The topological polar surface area (TPSA) is 72.5 Å². The quantitative estimate of drug-likeness (QED) is 0.471. The average molecular weight is 447 g/mol. The zero-order valence-corrected chi connectivity index (χ0v) is 18.4. The van der Waals surface area contributed by atoms with Crippen LogP contribution in [-0.2, 0) is 0 Å². The SMILES string of the molecule is Cc1cc(-c2ccc(C(=O)N3CCN(c4[nH]c5ccc(Cl)cc5c4O)CC3)cc2)ccn1. The fourth-order valence-electron chi connectivity index (χ4n) is 4.21. The van der Waals surface area contributed by atoms with Gasteiger partial charge in [0.15, 0.2) is 5.75 Å². The Bertz CT molecular complexity index is 1290. The molecule has 2 aromatic carbocycles. The van der Waals surface area contributed by atoms with Crippen molar-refractivity contribution in [1.29, 1.82) is 0 Å². The first kappa shape index (κ1) is 20.4. The van der Waals surface area contributed by atoms with Gasteiger partial charge in [-0.15, -0.1) is 0 Å². The number of rotatable bonds is 3. The summed E-state index contributed by atoms with van der Waals surface area (Å²) in [5.41, 5.74) is 4.63. The fourth-order valence-corrected chi connectivity index (χ4v) is 4.38. The number of amides is 1. The first-order valence-corrected chi connectivity index (χ1v) is 10.9. The lowest BCUT2D eigenvalue weighted by Crippen LogP contribution is -2.48. The van der Waals surface area contributed by atoms with Crippen molar-refractivity contribution in [2.24, 2.45) is 0 Å². The lowest BCUT2D eigenvalue weighted by atomic mass is 10.0. The molecule has 1 aliphatic heterocycles. The number of carbonyl (C=O) groups excluding carboxylic acids is 1. The molecule has 4 aromatic rings. The number of aryl methyl sites for hydroxylation is 1. The van der Waals surface area contributed by atoms with Gasteiger partial charge in [-0.05, 0) is 60.5 Å². The summed E-state index contributed by atoms with van der Waals surface area (Å²) in [5.74, 6) is 0.894. The van der Waals surface area contributed by atoms with E-state index in [1.54, 1.807) is 18.3 Å². The van der Waals surface area contributed by atoms with Crippen molar-refractivity contribution in [3.8, 4) is 16.9 Å². The molecule has 2 aromatic heterocycles. The second kappa shape index (κ2) is 8.20. The number of aromatic hydroxyl groups is 1. The second-order valence-corrected chi connectivity index (χ2v) is 8.49. The molecule has 0 aliphatic carbocycles. The maximum absolute atomic E-state index is 13.0. The maximum atomic E-state index is 13.0. The Morgan fingerprint density at radius 3 is 2.47 bits per heavy atom. The van der Waals surface area contributed by atoms with E-state index in [1.165, 1.54) is 0 Å². The maximum Gasteiger partial charge on any atom is 0.253 e. The molecule has 1 aliphatic rings. The predicted molar refractivity (Wildman–Crippen MR) is 128 cm³/mol. The number of pyridine rings is 1. The van der Waals surface area contributed by atoms with Gasteiger partial charge >= 0.3 is 0 Å². The predicted octanol–water partition coefficient (Wildman–Crippen LogP) is 4.86. The van der Waals surface area contributed by atoms with Gasteiger partial charge in [0, 0.05) is 54.0 Å². The van der Waals surface area contributed by atoms with E-state index >= 15 is 0 Å². The molecule has 0 bridgehead atoms. The van der Waals surface area contributed by atoms with Crippen molar-refractivity contribution < 1.29 is 9.90 Å². The van der Waals surface area contributed by atoms with E-state index in [0.717, 1.165) is 22.3 Å². The number of benzene rings is 2. The van der Waals surface area contributed by atoms with Crippen molar-refractivity contribution >= 4 is 34.2 Å². The highest BCUT2D eigenvalue weighted by molar-refractivity contribution is 6.31. The fraction of sp³-hybridized carbons (Fsp3) is 0.200. The third-order valence-electron chi connectivity index (χ3n) is 5.96. The first-order valence-electron chi connectivity index (χ1n) is 10.6. The summed E-state index contributed by atoms with van der Waals surface area (Å²) in [6, 6.07) is 17.1. The van der Waals surface area contributed by atoms with E-state index in [9.17, 15) is 9.90 Å². The van der Waals surface area contributed by atoms with Crippen molar-refractivity contribution in [2.45, 2.75) is 6.92 Å². The number of halogens is 1. The highest BCUT2D eigenvalue weighted by Gasteiger charge is 2.25. The number of hydrogen-bond acceptors (Lipinski definition) is 4. The highest BCUT2D eigenvalue weighted by atomic mass is 35.5. The number of aromatic amines is 1. The van der Waals surface area contributed by atoms with Crippen molar-refractivity contribution in [1.82, 2.24) is 14.9 Å². The van der Waals surface area contributed by atoms with E-state index in [1.807, 2.05) is 54.3 Å². The third kappa shape index (κ3) is 3.78. The molecule has 7 heteroatoms. The number of fused-ring (bicyclic) bond motifs is 1. The van der Waals surface area contributed by atoms with Crippen molar-refractivity contribution in [3.63, 3.8) is 0 Å². The molecule has 32 heavy (non-hydrogen) atoms. The summed E-state index contributed by atoms with van der Waals surface area (Å²) >= 11 is 6.06. The number of H-pyrrole nitrogens is 1. The standard InChI is InChI=1S/C25H23ClN4O2/c1-16-14-19(8-9-27-16)17-2-4-18(5-3-17)25(32)30-12-10-29(11-13-30)24-23(31)21-15-20(26)6-7-22(21)28-24/h2-9,14-15,28,31H,10-13H2,1H3. The van der Waals surface area contributed by atoms with Crippen molar-refractivity contribution in [2.75, 3.05) is 31.1 Å². The first-order chi connectivity index (χ1) is 15.5. The van der Waals surface area contributed by atoms with Crippen LogP contribution < -0.4 is 4.90 Å². The minimum atomic E-state index is 0.0229. The van der Waals surface area contributed by atoms with Gasteiger partial charge in [0.05, 0.1) is 5.52 Å². The Hall–Kier alpha value is -3.51. The third-order valence-corrected chi connectivity index (χ3v) is 6.19. The molecule has 0 radical (unpaired) electrons. The van der Waals surface area contributed by atoms with E-state index in [2.05, 4.69) is 14.9 Å². The molecule has 0 atom stereocenters. The summed E-state index contributed by atoms with van der Waals surface area (Å²) in [6.45, 7) is 4.40. The zero-order chi connectivity index (χ0) is 22.2. The van der Waals surface area contributed by atoms with Crippen molar-refractivity contribution in [3.05, 3.63) is 77.1 Å². The van der Waals surface area contributed by atoms with E-state index < -0.39 is 0 Å². The number of nitrogens with zero attached hydrogens (tertiary/aromatic N) is 3. The van der Waals surface area contributed by atoms with Gasteiger partial charge in [-0.2, -0.15) is 0 Å². The summed E-state index contributed by atoms with van der Waals surface area (Å²) in [7, 11) is 0. The second-order valence-electron chi connectivity index (χ2n) is 8.05. The van der Waals surface area contributed by atoms with Crippen LogP contribution in [0.5, 0.6) is 5.75 Å². The molecule has 0 saturated carbocycles. The van der Waals surface area contributed by atoms with Gasteiger partial charge < -0.3 is 19.9 Å². The molecule has 6 nitrogen and oxygen atoms in total. The number of piperazine rings is 1. The zero-order valence-electron chi connectivity index (χ0n) is 17.7. The summed E-state index contributed by atoms with van der Waals surface area (Å²) in [4.78, 5) is 24.5. The Morgan fingerprint density at radius 2 is 1.75 bits per heavy atom. The molecular weight excluding hydrogens is 424 g/mol. The molecule has 0 unspecified atom stereocenters. The number of aromatic nitrogens is 2. The van der Waals surface area contributed by atoms with Crippen LogP contribution in [0.1, 0.15) is 16.1 Å². The van der Waals surface area contributed by atoms with Gasteiger partial charge in [-0.1, -0.05) is 23.7 Å². The molecule has 5 rings (SSSR count). The Labute approximate surface area is 191 Å². The molecule has 1 saturated heterocycles. The normalized spacial score (nSPS) is 14.2. The van der Waals surface area contributed by atoms with Gasteiger partial charge in [-0.3, -0.25) is 9.78 Å². The minimum Gasteiger partial charge on any atom is -0.504 e. The molecule has 162 valence electrons. The van der Waals surface area contributed by atoms with Crippen LogP contribution in [-0.4, -0.2) is 52.1 Å². The molecule has 3 heterocycles. The van der Waals surface area contributed by atoms with Crippen LogP contribution in [0, 0.1) is 6.92 Å². The lowest BCUT2D eigenvalue weighted by Gasteiger charge is -2.35. The number of carbonyl (C=O) groups is 1. The van der Waals surface area contributed by atoms with Crippen LogP contribution in [0.15, 0.2) is 60.8 Å². The monoisotopic (exact) mass is 446 g/mol. The van der Waals surface area contributed by atoms with Gasteiger partial charge in [0.2, 0.25) is 0 Å². The molecule has 0 spiro atoms. The molecular formula is C25H23ClN4O2. The highest BCUT2D eigenvalue weighted by Crippen LogP contribution is 2.37. The molecule has 1 fully saturated rings. The largest absolute Gasteiger partial charge is 0.504 e. The number of anilines is 1. The van der Waals surface area contributed by atoms with Crippen LogP contribution in [0.4, 0.5) is 5.82 Å². The minimum absolute atomic E-state index is 0.0229. The Balaban J connectivity index is 1.27. The Morgan fingerprint density at radius 1 is 1.00 bits per heavy atom. The van der Waals surface area contributed by atoms with Crippen LogP contribution >= 0.6 is 11.6 Å². The van der Waals surface area contributed by atoms with Crippen LogP contribution in [0.25, 0.3) is 22.0 Å². The number of nitrogens with one attached hydrogen (secondary N) is 1. The summed E-state index contributed by atoms with van der Waals surface area (Å²) in [5, 5.41) is 11.9. The summed E-state index contributed by atoms with van der Waals surface area (Å²) in [6.07, 6.45) is 1.79. The lowest BCUT2D eigenvalue weighted by molar-refractivity contribution is 0.0746. The van der Waals surface area contributed by atoms with Crippen LogP contribution in [0.3, 0.4) is 0 Å². The smallest absolute Gasteiger partial charge is 0.253 e. The van der Waals surface area contributed by atoms with Gasteiger partial charge in [-0.25, -0.2) is 0 Å². The van der Waals surface area contributed by atoms with E-state index in [4.69, 9.17) is 11.6 Å². The van der Waals surface area contributed by atoms with Crippen LogP contribution in [0.2, 0.25) is 5.02 Å². The molecule has 1 amide bonds. The Kier molecular flexibility index (Phi) is 5.23. The average Bonchev–Trinajstić information content (AvgIpc) is 3.14. The van der Waals surface area contributed by atoms with E-state index in [-0.39, 0.29) is 11.7 Å². The van der Waals surface area contributed by atoms with Gasteiger partial charge in [0.25, 0.3) is 5.91 Å².